The average molecular weight is 333 g/mol. The van der Waals surface area contributed by atoms with E-state index >= 15 is 0 Å². The highest BCUT2D eigenvalue weighted by Gasteiger charge is 2.38. The first kappa shape index (κ1) is 17.8. The van der Waals surface area contributed by atoms with E-state index in [1.807, 2.05) is 6.92 Å². The molecule has 7 heteroatoms. The first-order valence-electron chi connectivity index (χ1n) is 7.94. The molecule has 1 aromatic carbocycles. The van der Waals surface area contributed by atoms with Crippen LogP contribution < -0.4 is 20.7 Å². The molecular weight excluding hydrogens is 310 g/mol. The Labute approximate surface area is 141 Å². The van der Waals surface area contributed by atoms with Crippen LogP contribution in [0.4, 0.5) is 11.4 Å². The molecule has 0 radical (unpaired) electrons. The van der Waals surface area contributed by atoms with Crippen LogP contribution in [0.15, 0.2) is 18.2 Å². The molecule has 0 unspecified atom stereocenters. The second kappa shape index (κ2) is 7.81. The molecule has 0 spiro atoms. The maximum atomic E-state index is 11.9. The Bertz CT molecular complexity index is 645. The number of methoxy groups -OCH3 is 1. The van der Waals surface area contributed by atoms with E-state index in [9.17, 15) is 14.4 Å². The lowest BCUT2D eigenvalue weighted by Gasteiger charge is -2.12. The molecule has 130 valence electrons. The molecule has 1 saturated carbocycles. The highest BCUT2D eigenvalue weighted by atomic mass is 16.5. The van der Waals surface area contributed by atoms with E-state index in [1.54, 1.807) is 18.2 Å². The number of anilines is 2. The van der Waals surface area contributed by atoms with Gasteiger partial charge in [-0.2, -0.15) is 0 Å². The van der Waals surface area contributed by atoms with Crippen molar-refractivity contribution in [3.05, 3.63) is 18.2 Å². The third-order valence-corrected chi connectivity index (χ3v) is 3.89. The molecule has 3 N–H and O–H groups in total. The van der Waals surface area contributed by atoms with Crippen molar-refractivity contribution in [2.45, 2.75) is 26.7 Å². The van der Waals surface area contributed by atoms with Crippen molar-refractivity contribution in [3.63, 3.8) is 0 Å². The van der Waals surface area contributed by atoms with Gasteiger partial charge in [-0.15, -0.1) is 0 Å². The fourth-order valence-corrected chi connectivity index (χ4v) is 2.40. The molecule has 1 aliphatic carbocycles. The Kier molecular flexibility index (Phi) is 5.78. The minimum Gasteiger partial charge on any atom is -0.494 e. The Morgan fingerprint density at radius 3 is 2.54 bits per heavy atom. The van der Waals surface area contributed by atoms with Gasteiger partial charge in [-0.25, -0.2) is 0 Å². The first-order chi connectivity index (χ1) is 11.4. The summed E-state index contributed by atoms with van der Waals surface area (Å²) in [6.45, 7) is 3.76. The molecule has 0 saturated heterocycles. The number of ether oxygens (including phenoxy) is 1. The summed E-state index contributed by atoms with van der Waals surface area (Å²) >= 11 is 0. The summed E-state index contributed by atoms with van der Waals surface area (Å²) in [6.07, 6.45) is 1.13. The van der Waals surface area contributed by atoms with E-state index in [0.29, 0.717) is 29.6 Å². The summed E-state index contributed by atoms with van der Waals surface area (Å²) in [5.41, 5.74) is 1.10. The summed E-state index contributed by atoms with van der Waals surface area (Å²) in [4.78, 5) is 34.7. The molecule has 2 atom stereocenters. The maximum absolute atomic E-state index is 11.9. The van der Waals surface area contributed by atoms with E-state index in [2.05, 4.69) is 16.0 Å². The second-order valence-corrected chi connectivity index (χ2v) is 6.00. The second-order valence-electron chi connectivity index (χ2n) is 6.00. The number of nitrogens with one attached hydrogen (secondary N) is 3. The third kappa shape index (κ3) is 4.97. The summed E-state index contributed by atoms with van der Waals surface area (Å²) < 4.78 is 5.20. The lowest BCUT2D eigenvalue weighted by Crippen LogP contribution is -2.29. The van der Waals surface area contributed by atoms with Crippen LogP contribution in [0.5, 0.6) is 5.75 Å². The van der Waals surface area contributed by atoms with Crippen LogP contribution >= 0.6 is 0 Å². The summed E-state index contributed by atoms with van der Waals surface area (Å²) in [5.74, 6) is 0.641. The average Bonchev–Trinajstić information content (AvgIpc) is 3.25. The largest absolute Gasteiger partial charge is 0.494 e. The van der Waals surface area contributed by atoms with Gasteiger partial charge in [0, 0.05) is 37.6 Å². The number of rotatable bonds is 7. The van der Waals surface area contributed by atoms with E-state index in [4.69, 9.17) is 4.74 Å². The van der Waals surface area contributed by atoms with Gasteiger partial charge in [0.15, 0.2) is 0 Å². The van der Waals surface area contributed by atoms with Crippen molar-refractivity contribution in [1.82, 2.24) is 5.32 Å². The summed E-state index contributed by atoms with van der Waals surface area (Å²) in [7, 11) is 1.49. The van der Waals surface area contributed by atoms with Crippen molar-refractivity contribution in [3.8, 4) is 5.75 Å². The molecule has 1 aromatic rings. The molecule has 0 bridgehead atoms. The molecule has 1 aliphatic rings. The molecule has 2 rings (SSSR count). The van der Waals surface area contributed by atoms with Crippen molar-refractivity contribution < 1.29 is 19.1 Å². The lowest BCUT2D eigenvalue weighted by atomic mass is 10.2. The van der Waals surface area contributed by atoms with Crippen LogP contribution in [0.2, 0.25) is 0 Å². The third-order valence-electron chi connectivity index (χ3n) is 3.89. The smallest absolute Gasteiger partial charge is 0.226 e. The monoisotopic (exact) mass is 333 g/mol. The zero-order valence-corrected chi connectivity index (χ0v) is 14.1. The molecule has 0 heterocycles. The standard InChI is InChI=1S/C17H23N3O4/c1-10-8-13(10)17(23)18-7-6-16(22)20-12-4-5-14(19-11(2)21)15(9-12)24-3/h4-5,9-10,13H,6-8H2,1-3H3,(H,18,23)(H,19,21)(H,20,22)/t10-,13-/m1/s1. The van der Waals surface area contributed by atoms with Crippen LogP contribution in [-0.2, 0) is 14.4 Å². The summed E-state index contributed by atoms with van der Waals surface area (Å²) in [6, 6.07) is 4.97. The van der Waals surface area contributed by atoms with E-state index in [-0.39, 0.29) is 30.1 Å². The van der Waals surface area contributed by atoms with Crippen LogP contribution in [-0.4, -0.2) is 31.4 Å². The number of carbonyl (C=O) groups is 3. The minimum atomic E-state index is -0.203. The van der Waals surface area contributed by atoms with E-state index in [0.717, 1.165) is 6.42 Å². The van der Waals surface area contributed by atoms with Crippen molar-refractivity contribution >= 4 is 29.1 Å². The van der Waals surface area contributed by atoms with Crippen LogP contribution in [0, 0.1) is 11.8 Å². The number of benzene rings is 1. The van der Waals surface area contributed by atoms with Crippen molar-refractivity contribution in [1.29, 1.82) is 0 Å². The first-order valence-corrected chi connectivity index (χ1v) is 7.94. The predicted octanol–water partition coefficient (Wildman–Crippen LogP) is 1.75. The van der Waals surface area contributed by atoms with Crippen molar-refractivity contribution in [2.75, 3.05) is 24.3 Å². The minimum absolute atomic E-state index is 0.0247. The fourth-order valence-electron chi connectivity index (χ4n) is 2.40. The zero-order valence-electron chi connectivity index (χ0n) is 14.1. The highest BCUT2D eigenvalue weighted by Crippen LogP contribution is 2.37. The van der Waals surface area contributed by atoms with Crippen LogP contribution in [0.1, 0.15) is 26.7 Å². The Hall–Kier alpha value is -2.57. The van der Waals surface area contributed by atoms with Gasteiger partial charge in [-0.1, -0.05) is 6.92 Å². The topological polar surface area (TPSA) is 96.5 Å². The number of carbonyl (C=O) groups excluding carboxylic acids is 3. The van der Waals surface area contributed by atoms with Gasteiger partial charge in [0.1, 0.15) is 5.75 Å². The zero-order chi connectivity index (χ0) is 17.7. The maximum Gasteiger partial charge on any atom is 0.226 e. The van der Waals surface area contributed by atoms with Gasteiger partial charge in [0.2, 0.25) is 17.7 Å². The van der Waals surface area contributed by atoms with Gasteiger partial charge >= 0.3 is 0 Å². The molecule has 1 fully saturated rings. The SMILES string of the molecule is COc1cc(NC(=O)CCNC(=O)[C@@H]2C[C@H]2C)ccc1NC(C)=O. The summed E-state index contributed by atoms with van der Waals surface area (Å²) in [5, 5.41) is 8.16. The van der Waals surface area contributed by atoms with Gasteiger partial charge in [-0.3, -0.25) is 14.4 Å². The van der Waals surface area contributed by atoms with Gasteiger partial charge < -0.3 is 20.7 Å². The fraction of sp³-hybridized carbons (Fsp3) is 0.471. The molecule has 0 aromatic heterocycles. The number of amides is 3. The van der Waals surface area contributed by atoms with Gasteiger partial charge in [0.05, 0.1) is 12.8 Å². The predicted molar refractivity (Wildman–Crippen MR) is 90.8 cm³/mol. The van der Waals surface area contributed by atoms with Crippen LogP contribution in [0.3, 0.4) is 0 Å². The molecule has 7 nitrogen and oxygen atoms in total. The Morgan fingerprint density at radius 1 is 1.25 bits per heavy atom. The quantitative estimate of drug-likeness (QED) is 0.708. The Balaban J connectivity index is 1.82. The molecule has 0 aliphatic heterocycles. The normalized spacial score (nSPS) is 18.5. The van der Waals surface area contributed by atoms with Gasteiger partial charge in [0.25, 0.3) is 0 Å². The van der Waals surface area contributed by atoms with E-state index < -0.39 is 0 Å². The number of hydrogen-bond acceptors (Lipinski definition) is 4. The van der Waals surface area contributed by atoms with Crippen LogP contribution in [0.25, 0.3) is 0 Å². The molecule has 24 heavy (non-hydrogen) atoms. The highest BCUT2D eigenvalue weighted by molar-refractivity contribution is 5.94. The Morgan fingerprint density at radius 2 is 1.96 bits per heavy atom. The molecular formula is C17H23N3O4. The number of hydrogen-bond donors (Lipinski definition) is 3. The van der Waals surface area contributed by atoms with Crippen molar-refractivity contribution in [2.24, 2.45) is 11.8 Å². The van der Waals surface area contributed by atoms with E-state index in [1.165, 1.54) is 14.0 Å². The molecule has 3 amide bonds. The van der Waals surface area contributed by atoms with Gasteiger partial charge in [-0.05, 0) is 24.5 Å². The lowest BCUT2D eigenvalue weighted by molar-refractivity contribution is -0.122.